The topological polar surface area (TPSA) is 64.9 Å². The first-order valence-corrected chi connectivity index (χ1v) is 6.50. The zero-order valence-corrected chi connectivity index (χ0v) is 12.0. The van der Waals surface area contributed by atoms with Crippen molar-refractivity contribution in [3.05, 3.63) is 47.1 Å². The fraction of sp³-hybridized carbons (Fsp3) is 0.467. The van der Waals surface area contributed by atoms with E-state index >= 15 is 0 Å². The molecule has 1 atom stereocenters. The van der Waals surface area contributed by atoms with Crippen LogP contribution < -0.4 is 5.73 Å². The molecule has 4 nitrogen and oxygen atoms in total. The number of hydrogen-bond donors (Lipinski definition) is 1. The molecule has 1 aromatic carbocycles. The number of rotatable bonds is 3. The Kier molecular flexibility index (Phi) is 3.71. The molecular formula is C15H21N3O. The molecule has 2 aromatic rings. The van der Waals surface area contributed by atoms with Gasteiger partial charge in [-0.1, -0.05) is 55.8 Å². The van der Waals surface area contributed by atoms with Gasteiger partial charge in [0.25, 0.3) is 0 Å². The van der Waals surface area contributed by atoms with Crippen molar-refractivity contribution in [3.8, 4) is 0 Å². The first-order chi connectivity index (χ1) is 8.86. The Hall–Kier alpha value is -1.68. The van der Waals surface area contributed by atoms with E-state index in [1.807, 2.05) is 6.07 Å². The van der Waals surface area contributed by atoms with Gasteiger partial charge in [0.1, 0.15) is 0 Å². The molecule has 0 amide bonds. The highest BCUT2D eigenvalue weighted by atomic mass is 16.5. The van der Waals surface area contributed by atoms with Gasteiger partial charge in [0, 0.05) is 6.42 Å². The summed E-state index contributed by atoms with van der Waals surface area (Å²) < 4.78 is 5.27. The third-order valence-corrected chi connectivity index (χ3v) is 3.13. The van der Waals surface area contributed by atoms with Gasteiger partial charge in [-0.3, -0.25) is 0 Å². The summed E-state index contributed by atoms with van der Waals surface area (Å²) in [5, 5.41) is 4.01. The average Bonchev–Trinajstić information content (AvgIpc) is 2.75. The van der Waals surface area contributed by atoms with Crippen molar-refractivity contribution in [3.63, 3.8) is 0 Å². The molecule has 2 N–H and O–H groups in total. The van der Waals surface area contributed by atoms with Crippen molar-refractivity contribution in [1.82, 2.24) is 10.1 Å². The van der Waals surface area contributed by atoms with Gasteiger partial charge in [0.15, 0.2) is 5.82 Å². The summed E-state index contributed by atoms with van der Waals surface area (Å²) in [7, 11) is 0. The van der Waals surface area contributed by atoms with Crippen molar-refractivity contribution in [2.24, 2.45) is 11.1 Å². The van der Waals surface area contributed by atoms with E-state index in [4.69, 9.17) is 10.3 Å². The normalized spacial score (nSPS) is 13.5. The van der Waals surface area contributed by atoms with Gasteiger partial charge < -0.3 is 10.3 Å². The number of aromatic nitrogens is 2. The molecule has 0 unspecified atom stereocenters. The molecule has 0 spiro atoms. The van der Waals surface area contributed by atoms with Crippen LogP contribution in [-0.4, -0.2) is 10.1 Å². The minimum absolute atomic E-state index is 0.0901. The summed E-state index contributed by atoms with van der Waals surface area (Å²) in [6, 6.07) is 8.05. The highest BCUT2D eigenvalue weighted by Gasteiger charge is 2.27. The van der Waals surface area contributed by atoms with E-state index in [1.54, 1.807) is 0 Å². The van der Waals surface area contributed by atoms with Crippen molar-refractivity contribution in [1.29, 1.82) is 0 Å². The second kappa shape index (κ2) is 5.13. The third-order valence-electron chi connectivity index (χ3n) is 3.13. The lowest BCUT2D eigenvalue weighted by Crippen LogP contribution is -2.26. The first kappa shape index (κ1) is 13.7. The molecule has 0 fully saturated rings. The molecule has 102 valence electrons. The first-order valence-electron chi connectivity index (χ1n) is 6.50. The van der Waals surface area contributed by atoms with Gasteiger partial charge in [-0.05, 0) is 17.9 Å². The molecule has 0 radical (unpaired) electrons. The minimum atomic E-state index is -0.244. The highest BCUT2D eigenvalue weighted by molar-refractivity contribution is 5.24. The molecule has 0 saturated carbocycles. The van der Waals surface area contributed by atoms with E-state index in [0.29, 0.717) is 18.1 Å². The molecule has 4 heteroatoms. The zero-order chi connectivity index (χ0) is 14.0. The highest BCUT2D eigenvalue weighted by Crippen LogP contribution is 2.29. The van der Waals surface area contributed by atoms with Gasteiger partial charge in [-0.25, -0.2) is 0 Å². The van der Waals surface area contributed by atoms with Crippen molar-refractivity contribution in [2.75, 3.05) is 0 Å². The van der Waals surface area contributed by atoms with Crippen LogP contribution in [0.15, 0.2) is 28.8 Å². The van der Waals surface area contributed by atoms with Crippen LogP contribution in [0.4, 0.5) is 0 Å². The second-order valence-electron chi connectivity index (χ2n) is 6.06. The number of benzene rings is 1. The summed E-state index contributed by atoms with van der Waals surface area (Å²) >= 11 is 0. The molecule has 2 rings (SSSR count). The minimum Gasteiger partial charge on any atom is -0.338 e. The fourth-order valence-electron chi connectivity index (χ4n) is 1.84. The zero-order valence-electron chi connectivity index (χ0n) is 12.0. The van der Waals surface area contributed by atoms with Gasteiger partial charge in [0.2, 0.25) is 5.89 Å². The summed E-state index contributed by atoms with van der Waals surface area (Å²) in [4.78, 5) is 4.40. The maximum atomic E-state index is 6.11. The van der Waals surface area contributed by atoms with Crippen molar-refractivity contribution < 1.29 is 4.52 Å². The van der Waals surface area contributed by atoms with Crippen LogP contribution in [0.5, 0.6) is 0 Å². The van der Waals surface area contributed by atoms with Gasteiger partial charge >= 0.3 is 0 Å². The monoisotopic (exact) mass is 259 g/mol. The molecule has 0 saturated heterocycles. The maximum absolute atomic E-state index is 6.11. The van der Waals surface area contributed by atoms with E-state index < -0.39 is 0 Å². The van der Waals surface area contributed by atoms with Gasteiger partial charge in [-0.2, -0.15) is 4.98 Å². The second-order valence-corrected chi connectivity index (χ2v) is 6.06. The predicted octanol–water partition coefficient (Wildman–Crippen LogP) is 3.01. The van der Waals surface area contributed by atoms with Crippen LogP contribution in [0.1, 0.15) is 49.7 Å². The third kappa shape index (κ3) is 3.41. The van der Waals surface area contributed by atoms with E-state index in [1.165, 1.54) is 11.1 Å². The number of hydrogen-bond acceptors (Lipinski definition) is 4. The smallest absolute Gasteiger partial charge is 0.244 e. The molecule has 0 aliphatic rings. The van der Waals surface area contributed by atoms with E-state index in [2.05, 4.69) is 56.0 Å². The lowest BCUT2D eigenvalue weighted by Gasteiger charge is -2.23. The Morgan fingerprint density at radius 3 is 2.68 bits per heavy atom. The summed E-state index contributed by atoms with van der Waals surface area (Å²) in [6.45, 7) is 8.24. The van der Waals surface area contributed by atoms with E-state index in [9.17, 15) is 0 Å². The SMILES string of the molecule is Cc1cccc(Cc2noc([C@H](N)C(C)(C)C)n2)c1. The molecule has 0 aliphatic heterocycles. The van der Waals surface area contributed by atoms with Crippen LogP contribution in [-0.2, 0) is 6.42 Å². The van der Waals surface area contributed by atoms with E-state index in [0.717, 1.165) is 0 Å². The van der Waals surface area contributed by atoms with Crippen LogP contribution in [0, 0.1) is 12.3 Å². The standard InChI is InChI=1S/C15H21N3O/c1-10-6-5-7-11(8-10)9-12-17-14(19-18-12)13(16)15(2,3)4/h5-8,13H,9,16H2,1-4H3/t13-/m0/s1. The quantitative estimate of drug-likeness (QED) is 0.920. The van der Waals surface area contributed by atoms with Crippen LogP contribution >= 0.6 is 0 Å². The molecule has 1 heterocycles. The van der Waals surface area contributed by atoms with Crippen LogP contribution in [0.2, 0.25) is 0 Å². The van der Waals surface area contributed by atoms with Crippen molar-refractivity contribution >= 4 is 0 Å². The van der Waals surface area contributed by atoms with Crippen LogP contribution in [0.3, 0.4) is 0 Å². The molecular weight excluding hydrogens is 238 g/mol. The van der Waals surface area contributed by atoms with Crippen LogP contribution in [0.25, 0.3) is 0 Å². The lowest BCUT2D eigenvalue weighted by atomic mass is 9.87. The largest absolute Gasteiger partial charge is 0.338 e. The fourth-order valence-corrected chi connectivity index (χ4v) is 1.84. The number of nitrogens with zero attached hydrogens (tertiary/aromatic N) is 2. The number of nitrogens with two attached hydrogens (primary N) is 1. The Balaban J connectivity index is 2.14. The molecule has 0 aliphatic carbocycles. The molecule has 0 bridgehead atoms. The Bertz CT molecular complexity index is 555. The van der Waals surface area contributed by atoms with Gasteiger partial charge in [0.05, 0.1) is 6.04 Å². The Morgan fingerprint density at radius 2 is 2.05 bits per heavy atom. The van der Waals surface area contributed by atoms with E-state index in [-0.39, 0.29) is 11.5 Å². The lowest BCUT2D eigenvalue weighted by molar-refractivity contribution is 0.252. The summed E-state index contributed by atoms with van der Waals surface area (Å²) in [5.74, 6) is 1.19. The summed E-state index contributed by atoms with van der Waals surface area (Å²) in [5.41, 5.74) is 8.42. The molecule has 19 heavy (non-hydrogen) atoms. The van der Waals surface area contributed by atoms with Crippen molar-refractivity contribution in [2.45, 2.75) is 40.2 Å². The summed E-state index contributed by atoms with van der Waals surface area (Å²) in [6.07, 6.45) is 0.669. The Labute approximate surface area is 114 Å². The molecule has 1 aromatic heterocycles. The van der Waals surface area contributed by atoms with Gasteiger partial charge in [-0.15, -0.1) is 0 Å². The predicted molar refractivity (Wildman–Crippen MR) is 74.7 cm³/mol. The maximum Gasteiger partial charge on any atom is 0.244 e. The average molecular weight is 259 g/mol. The Morgan fingerprint density at radius 1 is 1.32 bits per heavy atom. The number of aryl methyl sites for hydroxylation is 1.